The van der Waals surface area contributed by atoms with E-state index >= 15 is 0 Å². The summed E-state index contributed by atoms with van der Waals surface area (Å²) in [7, 11) is 0. The number of ether oxygens (including phenoxy) is 1. The highest BCUT2D eigenvalue weighted by atomic mass is 16.5. The maximum absolute atomic E-state index is 5.72. The van der Waals surface area contributed by atoms with E-state index in [4.69, 9.17) is 4.74 Å². The van der Waals surface area contributed by atoms with Crippen LogP contribution in [0.25, 0.3) is 0 Å². The summed E-state index contributed by atoms with van der Waals surface area (Å²) in [6, 6.07) is 4.35. The fraction of sp³-hybridized carbons (Fsp3) is 0.733. The molecule has 1 saturated heterocycles. The van der Waals surface area contributed by atoms with Gasteiger partial charge < -0.3 is 14.6 Å². The minimum Gasteiger partial charge on any atom is -0.378 e. The van der Waals surface area contributed by atoms with Crippen molar-refractivity contribution in [2.45, 2.75) is 52.3 Å². The maximum atomic E-state index is 5.72. The first-order valence-corrected chi connectivity index (χ1v) is 7.31. The van der Waals surface area contributed by atoms with Gasteiger partial charge in [-0.3, -0.25) is 0 Å². The number of rotatable bonds is 7. The first kappa shape index (κ1) is 13.6. The molecule has 0 spiro atoms. The van der Waals surface area contributed by atoms with Gasteiger partial charge in [0.25, 0.3) is 0 Å². The van der Waals surface area contributed by atoms with Gasteiger partial charge in [0.05, 0.1) is 6.10 Å². The van der Waals surface area contributed by atoms with Gasteiger partial charge in [-0.05, 0) is 37.3 Å². The van der Waals surface area contributed by atoms with E-state index in [0.29, 0.717) is 12.0 Å². The van der Waals surface area contributed by atoms with E-state index in [9.17, 15) is 0 Å². The zero-order chi connectivity index (χ0) is 12.8. The van der Waals surface area contributed by atoms with Crippen LogP contribution in [0.5, 0.6) is 0 Å². The maximum Gasteiger partial charge on any atom is 0.0613 e. The minimum absolute atomic E-state index is 0.472. The molecule has 18 heavy (non-hydrogen) atoms. The molecule has 2 atom stereocenters. The summed E-state index contributed by atoms with van der Waals surface area (Å²) >= 11 is 0. The molecule has 1 aliphatic rings. The third-order valence-corrected chi connectivity index (χ3v) is 3.85. The Morgan fingerprint density at radius 1 is 1.44 bits per heavy atom. The van der Waals surface area contributed by atoms with Crippen LogP contribution < -0.4 is 5.32 Å². The highest BCUT2D eigenvalue weighted by Crippen LogP contribution is 2.22. The van der Waals surface area contributed by atoms with Crippen molar-refractivity contribution in [1.82, 2.24) is 9.88 Å². The van der Waals surface area contributed by atoms with E-state index in [-0.39, 0.29) is 0 Å². The van der Waals surface area contributed by atoms with Gasteiger partial charge in [-0.2, -0.15) is 0 Å². The molecule has 2 unspecified atom stereocenters. The van der Waals surface area contributed by atoms with Crippen LogP contribution in [0.4, 0.5) is 0 Å². The molecule has 0 amide bonds. The summed E-state index contributed by atoms with van der Waals surface area (Å²) in [5, 5.41) is 3.59. The highest BCUT2D eigenvalue weighted by molar-refractivity contribution is 5.06. The SMILES string of the molecule is CCCn1cccc1CNCC1CCOC1CC. The first-order valence-electron chi connectivity index (χ1n) is 7.31. The standard InChI is InChI=1S/C15H26N2O/c1-3-8-17-9-5-6-14(17)12-16-11-13-7-10-18-15(13)4-2/h5-6,9,13,15-16H,3-4,7-8,10-12H2,1-2H3. The summed E-state index contributed by atoms with van der Waals surface area (Å²) in [5.41, 5.74) is 1.39. The molecule has 0 aliphatic carbocycles. The molecule has 1 aromatic heterocycles. The zero-order valence-corrected chi connectivity index (χ0v) is 11.7. The number of aromatic nitrogens is 1. The van der Waals surface area contributed by atoms with E-state index in [1.807, 2.05) is 0 Å². The highest BCUT2D eigenvalue weighted by Gasteiger charge is 2.25. The molecule has 0 saturated carbocycles. The fourth-order valence-electron chi connectivity index (χ4n) is 2.83. The van der Waals surface area contributed by atoms with Crippen molar-refractivity contribution in [1.29, 1.82) is 0 Å². The topological polar surface area (TPSA) is 26.2 Å². The summed E-state index contributed by atoms with van der Waals surface area (Å²) < 4.78 is 8.06. The molecule has 3 heteroatoms. The second kappa shape index (κ2) is 6.95. The predicted octanol–water partition coefficient (Wildman–Crippen LogP) is 2.80. The zero-order valence-electron chi connectivity index (χ0n) is 11.7. The molecule has 2 heterocycles. The van der Waals surface area contributed by atoms with Gasteiger partial charge in [0.1, 0.15) is 0 Å². The molecule has 2 rings (SSSR count). The van der Waals surface area contributed by atoms with Crippen LogP contribution in [0.1, 0.15) is 38.8 Å². The Morgan fingerprint density at radius 2 is 2.33 bits per heavy atom. The van der Waals surface area contributed by atoms with Crippen molar-refractivity contribution in [2.75, 3.05) is 13.2 Å². The lowest BCUT2D eigenvalue weighted by Gasteiger charge is -2.17. The van der Waals surface area contributed by atoms with Crippen molar-refractivity contribution in [3.63, 3.8) is 0 Å². The molecular weight excluding hydrogens is 224 g/mol. The van der Waals surface area contributed by atoms with Gasteiger partial charge in [-0.25, -0.2) is 0 Å². The molecule has 102 valence electrons. The molecule has 3 nitrogen and oxygen atoms in total. The number of hydrogen-bond acceptors (Lipinski definition) is 2. The summed E-state index contributed by atoms with van der Waals surface area (Å²) in [6.45, 7) is 8.55. The molecule has 1 N–H and O–H groups in total. The summed E-state index contributed by atoms with van der Waals surface area (Å²) in [5.74, 6) is 0.699. The van der Waals surface area contributed by atoms with Gasteiger partial charge in [0.2, 0.25) is 0 Å². The first-order chi connectivity index (χ1) is 8.85. The smallest absolute Gasteiger partial charge is 0.0613 e. The van der Waals surface area contributed by atoms with Crippen molar-refractivity contribution in [3.05, 3.63) is 24.0 Å². The second-order valence-electron chi connectivity index (χ2n) is 5.19. The molecule has 1 fully saturated rings. The predicted molar refractivity (Wildman–Crippen MR) is 74.6 cm³/mol. The average Bonchev–Trinajstić information content (AvgIpc) is 2.99. The van der Waals surface area contributed by atoms with Crippen LogP contribution in [-0.2, 0) is 17.8 Å². The van der Waals surface area contributed by atoms with Crippen molar-refractivity contribution in [3.8, 4) is 0 Å². The molecule has 0 aromatic carbocycles. The number of hydrogen-bond donors (Lipinski definition) is 1. The Kier molecular flexibility index (Phi) is 5.26. The Balaban J connectivity index is 1.76. The van der Waals surface area contributed by atoms with Gasteiger partial charge >= 0.3 is 0 Å². The van der Waals surface area contributed by atoms with Crippen LogP contribution in [0.2, 0.25) is 0 Å². The molecule has 0 bridgehead atoms. The Morgan fingerprint density at radius 3 is 3.11 bits per heavy atom. The molecular formula is C15H26N2O. The van der Waals surface area contributed by atoms with Crippen LogP contribution in [-0.4, -0.2) is 23.8 Å². The third kappa shape index (κ3) is 3.36. The van der Waals surface area contributed by atoms with E-state index in [1.54, 1.807) is 0 Å². The Labute approximate surface area is 111 Å². The van der Waals surface area contributed by atoms with Crippen LogP contribution in [0, 0.1) is 5.92 Å². The quantitative estimate of drug-likeness (QED) is 0.805. The van der Waals surface area contributed by atoms with E-state index < -0.39 is 0 Å². The van der Waals surface area contributed by atoms with Crippen LogP contribution in [0.15, 0.2) is 18.3 Å². The largest absolute Gasteiger partial charge is 0.378 e. The van der Waals surface area contributed by atoms with Gasteiger partial charge in [-0.15, -0.1) is 0 Å². The minimum atomic E-state index is 0.472. The third-order valence-electron chi connectivity index (χ3n) is 3.85. The average molecular weight is 250 g/mol. The summed E-state index contributed by atoms with van der Waals surface area (Å²) in [4.78, 5) is 0. The van der Waals surface area contributed by atoms with Crippen molar-refractivity contribution < 1.29 is 4.74 Å². The summed E-state index contributed by atoms with van der Waals surface area (Å²) in [6.07, 6.45) is 6.18. The van der Waals surface area contributed by atoms with Crippen molar-refractivity contribution in [2.24, 2.45) is 5.92 Å². The van der Waals surface area contributed by atoms with Crippen molar-refractivity contribution >= 4 is 0 Å². The number of nitrogens with one attached hydrogen (secondary N) is 1. The van der Waals surface area contributed by atoms with E-state index in [0.717, 1.165) is 32.7 Å². The van der Waals surface area contributed by atoms with E-state index in [2.05, 4.69) is 42.1 Å². The number of nitrogens with zero attached hydrogens (tertiary/aromatic N) is 1. The molecule has 0 radical (unpaired) electrons. The van der Waals surface area contributed by atoms with Crippen LogP contribution >= 0.6 is 0 Å². The molecule has 1 aromatic rings. The Hall–Kier alpha value is -0.800. The van der Waals surface area contributed by atoms with E-state index in [1.165, 1.54) is 18.5 Å². The number of aryl methyl sites for hydroxylation is 1. The van der Waals surface area contributed by atoms with Gasteiger partial charge in [-0.1, -0.05) is 13.8 Å². The Bertz CT molecular complexity index is 348. The second-order valence-corrected chi connectivity index (χ2v) is 5.19. The lowest BCUT2D eigenvalue weighted by molar-refractivity contribution is 0.0872. The van der Waals surface area contributed by atoms with Gasteiger partial charge in [0, 0.05) is 38.1 Å². The fourth-order valence-corrected chi connectivity index (χ4v) is 2.83. The van der Waals surface area contributed by atoms with Crippen LogP contribution in [0.3, 0.4) is 0 Å². The normalized spacial score (nSPS) is 23.7. The van der Waals surface area contributed by atoms with Gasteiger partial charge in [0.15, 0.2) is 0 Å². The lowest BCUT2D eigenvalue weighted by atomic mass is 10.00. The lowest BCUT2D eigenvalue weighted by Crippen LogP contribution is -2.28. The molecule has 1 aliphatic heterocycles. The monoisotopic (exact) mass is 250 g/mol.